The van der Waals surface area contributed by atoms with Gasteiger partial charge in [0, 0.05) is 68.5 Å². The van der Waals surface area contributed by atoms with Crippen LogP contribution < -0.4 is 0 Å². The van der Waals surface area contributed by atoms with E-state index in [2.05, 4.69) is 191 Å². The maximum atomic E-state index is 5.19. The van der Waals surface area contributed by atoms with Gasteiger partial charge >= 0.3 is 0 Å². The minimum Gasteiger partial charge on any atom is -0.295 e. The summed E-state index contributed by atoms with van der Waals surface area (Å²) < 4.78 is 7.38. The van der Waals surface area contributed by atoms with Crippen LogP contribution in [0.3, 0.4) is 0 Å². The van der Waals surface area contributed by atoms with Crippen molar-refractivity contribution in [2.75, 3.05) is 0 Å². The van der Waals surface area contributed by atoms with E-state index in [0.29, 0.717) is 17.5 Å². The Hall–Kier alpha value is -7.32. The van der Waals surface area contributed by atoms with Crippen molar-refractivity contribution in [2.45, 2.75) is 9.79 Å². The zero-order valence-electron chi connectivity index (χ0n) is 32.0. The Bertz CT molecular complexity index is 3670. The van der Waals surface area contributed by atoms with E-state index >= 15 is 0 Å². The van der Waals surface area contributed by atoms with Crippen LogP contribution in [-0.2, 0) is 0 Å². The molecule has 0 atom stereocenters. The summed E-state index contributed by atoms with van der Waals surface area (Å²) in [5.41, 5.74) is 11.0. The molecule has 0 unspecified atom stereocenters. The molecule has 12 aromatic rings. The van der Waals surface area contributed by atoms with Crippen LogP contribution in [0.25, 0.3) is 110 Å². The van der Waals surface area contributed by atoms with Crippen molar-refractivity contribution in [1.82, 2.24) is 24.1 Å². The largest absolute Gasteiger partial charge is 0.295 e. The molecule has 280 valence electrons. The molecule has 7 heteroatoms. The highest BCUT2D eigenvalue weighted by molar-refractivity contribution is 7.99. The Labute approximate surface area is 352 Å². The quantitative estimate of drug-likeness (QED) is 0.174. The standard InChI is InChI=1S/C53H31N5S2/c1-2-11-32(12-3-1)33-21-23-34(24-22-33)50-54-51(56-52(55-50)36-27-30-39-38-13-5-8-18-44(38)59-47(39)31-36)35-25-28-37(29-26-35)57-42-16-6-4-14-40(42)48-41-15-10-20-46-49(41)58(53(48)57)43-17-7-9-19-45(43)60-46/h1-31H. The van der Waals surface area contributed by atoms with Gasteiger partial charge in [0.05, 0.1) is 16.7 Å². The lowest BCUT2D eigenvalue weighted by molar-refractivity contribution is 1.03. The van der Waals surface area contributed by atoms with Gasteiger partial charge in [-0.05, 0) is 71.8 Å². The van der Waals surface area contributed by atoms with Crippen molar-refractivity contribution in [1.29, 1.82) is 0 Å². The van der Waals surface area contributed by atoms with Crippen molar-refractivity contribution in [3.8, 4) is 56.7 Å². The lowest BCUT2D eigenvalue weighted by atomic mass is 10.0. The minimum absolute atomic E-state index is 0.631. The van der Waals surface area contributed by atoms with Crippen molar-refractivity contribution in [3.05, 3.63) is 188 Å². The van der Waals surface area contributed by atoms with Gasteiger partial charge in [-0.2, -0.15) is 0 Å². The number of rotatable bonds is 5. The van der Waals surface area contributed by atoms with Crippen molar-refractivity contribution in [2.24, 2.45) is 0 Å². The fraction of sp³-hybridized carbons (Fsp3) is 0. The van der Waals surface area contributed by atoms with E-state index in [4.69, 9.17) is 15.0 Å². The van der Waals surface area contributed by atoms with Crippen LogP contribution in [-0.4, -0.2) is 24.1 Å². The highest BCUT2D eigenvalue weighted by atomic mass is 32.2. The second-order valence-corrected chi connectivity index (χ2v) is 17.4. The molecular formula is C53H31N5S2. The van der Waals surface area contributed by atoms with Crippen molar-refractivity contribution in [3.63, 3.8) is 0 Å². The van der Waals surface area contributed by atoms with E-state index in [0.717, 1.165) is 27.9 Å². The predicted octanol–water partition coefficient (Wildman–Crippen LogP) is 14.4. The molecular weight excluding hydrogens is 771 g/mol. The Kier molecular flexibility index (Phi) is 7.34. The molecule has 0 fully saturated rings. The normalized spacial score (nSPS) is 12.3. The number of benzene rings is 8. The molecule has 1 aliphatic heterocycles. The van der Waals surface area contributed by atoms with E-state index in [1.165, 1.54) is 74.1 Å². The smallest absolute Gasteiger partial charge is 0.164 e. The maximum Gasteiger partial charge on any atom is 0.164 e. The molecule has 60 heavy (non-hydrogen) atoms. The molecule has 0 spiro atoms. The van der Waals surface area contributed by atoms with Crippen LogP contribution in [0.15, 0.2) is 198 Å². The number of fused-ring (bicyclic) bond motifs is 10. The lowest BCUT2D eigenvalue weighted by Gasteiger charge is -2.21. The maximum absolute atomic E-state index is 5.19. The summed E-state index contributed by atoms with van der Waals surface area (Å²) in [6, 6.07) is 67.1. The van der Waals surface area contributed by atoms with Crippen LogP contribution >= 0.6 is 23.1 Å². The van der Waals surface area contributed by atoms with Crippen LogP contribution in [0.5, 0.6) is 0 Å². The first-order chi connectivity index (χ1) is 29.7. The minimum atomic E-state index is 0.631. The van der Waals surface area contributed by atoms with E-state index in [9.17, 15) is 0 Å². The van der Waals surface area contributed by atoms with Crippen LogP contribution in [0, 0.1) is 0 Å². The first-order valence-electron chi connectivity index (χ1n) is 20.0. The molecule has 0 aliphatic carbocycles. The van der Waals surface area contributed by atoms with Crippen LogP contribution in [0.2, 0.25) is 0 Å². The zero-order valence-corrected chi connectivity index (χ0v) is 33.6. The molecule has 4 aromatic heterocycles. The van der Waals surface area contributed by atoms with Gasteiger partial charge in [0.1, 0.15) is 5.65 Å². The molecule has 0 amide bonds. The van der Waals surface area contributed by atoms with Gasteiger partial charge in [0.25, 0.3) is 0 Å². The highest BCUT2D eigenvalue weighted by Gasteiger charge is 2.27. The summed E-state index contributed by atoms with van der Waals surface area (Å²) >= 11 is 3.65. The second-order valence-electron chi connectivity index (χ2n) is 15.2. The zero-order chi connectivity index (χ0) is 39.3. The molecule has 13 rings (SSSR count). The van der Waals surface area contributed by atoms with E-state index in [1.807, 2.05) is 17.8 Å². The Morgan fingerprint density at radius 3 is 1.78 bits per heavy atom. The molecule has 0 radical (unpaired) electrons. The number of para-hydroxylation sites is 3. The average molecular weight is 802 g/mol. The van der Waals surface area contributed by atoms with Gasteiger partial charge in [-0.25, -0.2) is 15.0 Å². The fourth-order valence-corrected chi connectivity index (χ4v) is 11.3. The topological polar surface area (TPSA) is 48.5 Å². The third kappa shape index (κ3) is 5.10. The van der Waals surface area contributed by atoms with Gasteiger partial charge in [0.2, 0.25) is 0 Å². The molecule has 5 nitrogen and oxygen atoms in total. The SMILES string of the molecule is c1ccc(-c2ccc(-c3nc(-c4ccc(-n5c6ccccc6c6c7cccc8c7n(c65)-c5ccccc5S8)cc4)nc(-c4ccc5c(c4)sc4ccccc45)n3)cc2)cc1. The molecule has 5 heterocycles. The van der Waals surface area contributed by atoms with Crippen molar-refractivity contribution < 1.29 is 0 Å². The molecule has 1 aliphatic rings. The molecule has 0 saturated carbocycles. The molecule has 8 aromatic carbocycles. The summed E-state index contributed by atoms with van der Waals surface area (Å²) in [5.74, 6) is 1.92. The summed E-state index contributed by atoms with van der Waals surface area (Å²) in [4.78, 5) is 18.0. The second kappa shape index (κ2) is 13.1. The Morgan fingerprint density at radius 2 is 0.967 bits per heavy atom. The van der Waals surface area contributed by atoms with E-state index in [1.54, 1.807) is 11.3 Å². The van der Waals surface area contributed by atoms with Gasteiger partial charge in [-0.15, -0.1) is 11.3 Å². The van der Waals surface area contributed by atoms with Gasteiger partial charge < -0.3 is 0 Å². The first kappa shape index (κ1) is 33.6. The first-order valence-corrected chi connectivity index (χ1v) is 21.7. The lowest BCUT2D eigenvalue weighted by Crippen LogP contribution is -2.05. The number of thiophene rings is 1. The Morgan fingerprint density at radius 1 is 0.383 bits per heavy atom. The third-order valence-electron chi connectivity index (χ3n) is 11.8. The van der Waals surface area contributed by atoms with Crippen LogP contribution in [0.4, 0.5) is 0 Å². The van der Waals surface area contributed by atoms with Crippen LogP contribution in [0.1, 0.15) is 0 Å². The fourth-order valence-electron chi connectivity index (χ4n) is 9.02. The molecule has 0 saturated heterocycles. The number of hydrogen-bond acceptors (Lipinski definition) is 5. The van der Waals surface area contributed by atoms with Gasteiger partial charge in [-0.1, -0.05) is 139 Å². The Balaban J connectivity index is 0.978. The van der Waals surface area contributed by atoms with E-state index in [-0.39, 0.29) is 0 Å². The third-order valence-corrected chi connectivity index (χ3v) is 14.0. The average Bonchev–Trinajstić information content (AvgIpc) is 3.98. The summed E-state index contributed by atoms with van der Waals surface area (Å²) in [6.07, 6.45) is 0. The monoisotopic (exact) mass is 801 g/mol. The molecule has 0 bridgehead atoms. The van der Waals surface area contributed by atoms with E-state index < -0.39 is 0 Å². The number of hydrogen-bond donors (Lipinski definition) is 0. The predicted molar refractivity (Wildman–Crippen MR) is 250 cm³/mol. The van der Waals surface area contributed by atoms with Gasteiger partial charge in [-0.3, -0.25) is 9.13 Å². The summed E-state index contributed by atoms with van der Waals surface area (Å²) in [7, 11) is 0. The highest BCUT2D eigenvalue weighted by Crippen LogP contribution is 2.49. The van der Waals surface area contributed by atoms with Crippen molar-refractivity contribution >= 4 is 76.1 Å². The summed E-state index contributed by atoms with van der Waals surface area (Å²) in [6.45, 7) is 0. The number of aromatic nitrogens is 5. The summed E-state index contributed by atoms with van der Waals surface area (Å²) in [5, 5.41) is 6.29. The van der Waals surface area contributed by atoms with Gasteiger partial charge in [0.15, 0.2) is 17.5 Å². The number of nitrogens with zero attached hydrogens (tertiary/aromatic N) is 5. The molecule has 0 N–H and O–H groups in total.